The summed E-state index contributed by atoms with van der Waals surface area (Å²) in [6.45, 7) is 1.80. The topological polar surface area (TPSA) is 263 Å². The average molecular weight is 460 g/mol. The van der Waals surface area contributed by atoms with Crippen molar-refractivity contribution in [2.45, 2.75) is 69.6 Å². The first-order valence-corrected chi connectivity index (χ1v) is 10.0. The van der Waals surface area contributed by atoms with E-state index in [9.17, 15) is 33.9 Å². The summed E-state index contributed by atoms with van der Waals surface area (Å²) in [4.78, 5) is 70.4. The van der Waals surface area contributed by atoms with Crippen LogP contribution in [0.1, 0.15) is 45.4 Å². The minimum atomic E-state index is -1.51. The van der Waals surface area contributed by atoms with E-state index in [1.165, 1.54) is 6.92 Å². The van der Waals surface area contributed by atoms with Crippen molar-refractivity contribution in [3.63, 3.8) is 0 Å². The average Bonchev–Trinajstić information content (AvgIpc) is 2.69. The SMILES string of the molecule is CC(NC(=O)C(N)CCCCN)C(=O)NC(CC(N)=O)C(=O)NC(CCC(N)=O)C(=O)O. The van der Waals surface area contributed by atoms with Crippen molar-refractivity contribution in [3.8, 4) is 0 Å². The third-order valence-electron chi connectivity index (χ3n) is 4.39. The molecule has 0 aromatic carbocycles. The molecule has 0 rings (SSSR count). The number of hydrogen-bond donors (Lipinski definition) is 8. The molecule has 182 valence electrons. The van der Waals surface area contributed by atoms with Crippen LogP contribution in [0.2, 0.25) is 0 Å². The second-order valence-corrected chi connectivity index (χ2v) is 7.26. The third kappa shape index (κ3) is 11.8. The molecule has 0 radical (unpaired) electrons. The molecule has 0 saturated carbocycles. The Bertz CT molecular complexity index is 701. The molecular formula is C18H33N7O7. The lowest BCUT2D eigenvalue weighted by atomic mass is 10.1. The largest absolute Gasteiger partial charge is 0.480 e. The van der Waals surface area contributed by atoms with Gasteiger partial charge in [0, 0.05) is 6.42 Å². The standard InChI is InChI=1S/C18H33N7O7/c1-9(23-16(29)10(20)4-2-3-7-19)15(28)25-12(8-14(22)27)17(30)24-11(18(31)32)5-6-13(21)26/h9-12H,2-8,19-20H2,1H3,(H2,21,26)(H2,22,27)(H,23,29)(H,24,30)(H,25,28)(H,31,32). The summed E-state index contributed by atoms with van der Waals surface area (Å²) in [5, 5.41) is 15.9. The summed E-state index contributed by atoms with van der Waals surface area (Å²) < 4.78 is 0. The number of carbonyl (C=O) groups excluding carboxylic acids is 5. The molecule has 0 saturated heterocycles. The summed E-state index contributed by atoms with van der Waals surface area (Å²) in [6, 6.07) is -4.96. The van der Waals surface area contributed by atoms with Crippen LogP contribution in [0, 0.1) is 0 Å². The molecule has 0 fully saturated rings. The molecule has 0 aliphatic carbocycles. The number of aliphatic carboxylic acids is 1. The number of amides is 5. The van der Waals surface area contributed by atoms with E-state index in [0.29, 0.717) is 25.8 Å². The second-order valence-electron chi connectivity index (χ2n) is 7.26. The van der Waals surface area contributed by atoms with Gasteiger partial charge >= 0.3 is 5.97 Å². The number of nitrogens with two attached hydrogens (primary N) is 4. The molecule has 32 heavy (non-hydrogen) atoms. The smallest absolute Gasteiger partial charge is 0.326 e. The van der Waals surface area contributed by atoms with Crippen LogP contribution >= 0.6 is 0 Å². The number of nitrogens with one attached hydrogen (secondary N) is 3. The number of rotatable bonds is 16. The first-order chi connectivity index (χ1) is 14.9. The van der Waals surface area contributed by atoms with Crippen LogP contribution in [0.4, 0.5) is 0 Å². The maximum atomic E-state index is 12.4. The van der Waals surface area contributed by atoms with E-state index in [2.05, 4.69) is 16.0 Å². The monoisotopic (exact) mass is 459 g/mol. The molecule has 0 aromatic rings. The van der Waals surface area contributed by atoms with Gasteiger partial charge in [0.05, 0.1) is 12.5 Å². The second kappa shape index (κ2) is 14.7. The van der Waals surface area contributed by atoms with E-state index < -0.39 is 66.1 Å². The van der Waals surface area contributed by atoms with Crippen LogP contribution in [0.25, 0.3) is 0 Å². The van der Waals surface area contributed by atoms with Crippen molar-refractivity contribution >= 4 is 35.5 Å². The fourth-order valence-corrected chi connectivity index (χ4v) is 2.55. The van der Waals surface area contributed by atoms with E-state index in [1.54, 1.807) is 0 Å². The minimum Gasteiger partial charge on any atom is -0.480 e. The molecule has 0 aromatic heterocycles. The van der Waals surface area contributed by atoms with E-state index in [1.807, 2.05) is 0 Å². The molecule has 14 heteroatoms. The van der Waals surface area contributed by atoms with Crippen molar-refractivity contribution < 1.29 is 33.9 Å². The molecule has 0 bridgehead atoms. The zero-order valence-electron chi connectivity index (χ0n) is 18.0. The lowest BCUT2D eigenvalue weighted by molar-refractivity contribution is -0.142. The van der Waals surface area contributed by atoms with Gasteiger partial charge in [-0.05, 0) is 32.7 Å². The van der Waals surface area contributed by atoms with Crippen LogP contribution in [0.15, 0.2) is 0 Å². The molecule has 4 unspecified atom stereocenters. The van der Waals surface area contributed by atoms with Crippen LogP contribution in [-0.2, 0) is 28.8 Å². The Kier molecular flexibility index (Phi) is 13.2. The summed E-state index contributed by atoms with van der Waals surface area (Å²) in [5.41, 5.74) is 21.2. The number of carbonyl (C=O) groups is 6. The summed E-state index contributed by atoms with van der Waals surface area (Å²) >= 11 is 0. The minimum absolute atomic E-state index is 0.290. The van der Waals surface area contributed by atoms with Gasteiger partial charge in [0.1, 0.15) is 18.1 Å². The van der Waals surface area contributed by atoms with E-state index in [4.69, 9.17) is 22.9 Å². The first-order valence-electron chi connectivity index (χ1n) is 10.0. The Labute approximate surface area is 185 Å². The van der Waals surface area contributed by atoms with Crippen LogP contribution in [0.5, 0.6) is 0 Å². The Morgan fingerprint density at radius 1 is 0.812 bits per heavy atom. The first kappa shape index (κ1) is 28.7. The van der Waals surface area contributed by atoms with Crippen molar-refractivity contribution in [3.05, 3.63) is 0 Å². The predicted molar refractivity (Wildman–Crippen MR) is 112 cm³/mol. The van der Waals surface area contributed by atoms with Gasteiger partial charge < -0.3 is 44.0 Å². The molecule has 0 aliphatic heterocycles. The summed E-state index contributed by atoms with van der Waals surface area (Å²) in [6.07, 6.45) is 0.469. The van der Waals surface area contributed by atoms with Gasteiger partial charge in [0.2, 0.25) is 29.5 Å². The molecular weight excluding hydrogens is 426 g/mol. The fourth-order valence-electron chi connectivity index (χ4n) is 2.55. The van der Waals surface area contributed by atoms with Crippen LogP contribution < -0.4 is 38.9 Å². The molecule has 4 atom stereocenters. The van der Waals surface area contributed by atoms with Gasteiger partial charge in [-0.1, -0.05) is 6.42 Å². The lowest BCUT2D eigenvalue weighted by Crippen LogP contribution is -2.57. The normalized spacial score (nSPS) is 14.3. The highest BCUT2D eigenvalue weighted by molar-refractivity contribution is 5.96. The number of unbranched alkanes of at least 4 members (excludes halogenated alkanes) is 1. The maximum Gasteiger partial charge on any atom is 0.326 e. The Morgan fingerprint density at radius 3 is 1.91 bits per heavy atom. The van der Waals surface area contributed by atoms with Gasteiger partial charge in [-0.25, -0.2) is 4.79 Å². The van der Waals surface area contributed by atoms with E-state index >= 15 is 0 Å². The van der Waals surface area contributed by atoms with Gasteiger partial charge in [-0.3, -0.25) is 24.0 Å². The van der Waals surface area contributed by atoms with Crippen molar-refractivity contribution in [1.29, 1.82) is 0 Å². The van der Waals surface area contributed by atoms with Crippen molar-refractivity contribution in [2.24, 2.45) is 22.9 Å². The molecule has 0 spiro atoms. The Morgan fingerprint density at radius 2 is 1.41 bits per heavy atom. The van der Waals surface area contributed by atoms with Crippen molar-refractivity contribution in [2.75, 3.05) is 6.54 Å². The molecule has 14 nitrogen and oxygen atoms in total. The number of hydrogen-bond acceptors (Lipinski definition) is 8. The zero-order chi connectivity index (χ0) is 24.8. The fraction of sp³-hybridized carbons (Fsp3) is 0.667. The quantitative estimate of drug-likeness (QED) is 0.105. The molecule has 5 amide bonds. The van der Waals surface area contributed by atoms with Gasteiger partial charge in [-0.15, -0.1) is 0 Å². The predicted octanol–water partition coefficient (Wildman–Crippen LogP) is -3.86. The van der Waals surface area contributed by atoms with E-state index in [0.717, 1.165) is 0 Å². The summed E-state index contributed by atoms with van der Waals surface area (Å²) in [7, 11) is 0. The molecule has 0 heterocycles. The van der Waals surface area contributed by atoms with Gasteiger partial charge in [-0.2, -0.15) is 0 Å². The number of carboxylic acids is 1. The Balaban J connectivity index is 5.05. The molecule has 0 aliphatic rings. The third-order valence-corrected chi connectivity index (χ3v) is 4.39. The zero-order valence-corrected chi connectivity index (χ0v) is 18.0. The molecule has 12 N–H and O–H groups in total. The summed E-state index contributed by atoms with van der Waals surface area (Å²) in [5.74, 6) is -5.55. The lowest BCUT2D eigenvalue weighted by Gasteiger charge is -2.23. The van der Waals surface area contributed by atoms with Gasteiger partial charge in [0.15, 0.2) is 0 Å². The number of primary amides is 2. The maximum absolute atomic E-state index is 12.4. The Hall–Kier alpha value is -3.26. The highest BCUT2D eigenvalue weighted by Gasteiger charge is 2.30. The highest BCUT2D eigenvalue weighted by Crippen LogP contribution is 2.02. The highest BCUT2D eigenvalue weighted by atomic mass is 16.4. The number of carboxylic acid groups (broad SMARTS) is 1. The van der Waals surface area contributed by atoms with Crippen LogP contribution in [-0.4, -0.2) is 71.3 Å². The van der Waals surface area contributed by atoms with Gasteiger partial charge in [0.25, 0.3) is 0 Å². The van der Waals surface area contributed by atoms with Crippen molar-refractivity contribution in [1.82, 2.24) is 16.0 Å². The van der Waals surface area contributed by atoms with E-state index in [-0.39, 0.29) is 12.8 Å². The van der Waals surface area contributed by atoms with Crippen LogP contribution in [0.3, 0.4) is 0 Å².